The zero-order valence-corrected chi connectivity index (χ0v) is 20.1. The van der Waals surface area contributed by atoms with Crippen molar-refractivity contribution in [1.82, 2.24) is 25.0 Å². The Labute approximate surface area is 186 Å². The zero-order chi connectivity index (χ0) is 19.5. The molecule has 9 heteroatoms. The second-order valence-electron chi connectivity index (χ2n) is 7.11. The van der Waals surface area contributed by atoms with Gasteiger partial charge in [-0.3, -0.25) is 0 Å². The van der Waals surface area contributed by atoms with Crippen LogP contribution < -0.4 is 5.32 Å². The van der Waals surface area contributed by atoms with Crippen molar-refractivity contribution in [3.63, 3.8) is 0 Å². The van der Waals surface area contributed by atoms with Crippen molar-refractivity contribution in [3.8, 4) is 0 Å². The molecule has 0 bridgehead atoms. The second-order valence-corrected chi connectivity index (χ2v) is 7.11. The number of aliphatic imine (C=N–C) groups is 1. The molecule has 0 spiro atoms. The molecule has 0 radical (unpaired) electrons. The van der Waals surface area contributed by atoms with Crippen molar-refractivity contribution in [2.45, 2.75) is 46.1 Å². The fourth-order valence-corrected chi connectivity index (χ4v) is 3.08. The van der Waals surface area contributed by atoms with Crippen LogP contribution in [0.5, 0.6) is 0 Å². The molecule has 0 aliphatic carbocycles. The first-order chi connectivity index (χ1) is 13.1. The zero-order valence-electron chi connectivity index (χ0n) is 17.8. The van der Waals surface area contributed by atoms with Crippen LogP contribution in [0.15, 0.2) is 4.99 Å². The van der Waals surface area contributed by atoms with E-state index in [9.17, 15) is 0 Å². The summed E-state index contributed by atoms with van der Waals surface area (Å²) in [6.07, 6.45) is 4.47. The van der Waals surface area contributed by atoms with Gasteiger partial charge in [0.05, 0.1) is 0 Å². The number of ether oxygens (including phenoxy) is 2. The van der Waals surface area contributed by atoms with Gasteiger partial charge in [-0.05, 0) is 45.4 Å². The molecule has 2 heterocycles. The fourth-order valence-electron chi connectivity index (χ4n) is 3.08. The quantitative estimate of drug-likeness (QED) is 0.226. The molecule has 2 rings (SSSR count). The van der Waals surface area contributed by atoms with Crippen molar-refractivity contribution in [1.29, 1.82) is 0 Å². The van der Waals surface area contributed by atoms with Gasteiger partial charge in [0.25, 0.3) is 0 Å². The molecule has 28 heavy (non-hydrogen) atoms. The van der Waals surface area contributed by atoms with Crippen LogP contribution in [0.1, 0.15) is 44.3 Å². The largest absolute Gasteiger partial charge is 0.382 e. The third-order valence-electron chi connectivity index (χ3n) is 5.08. The predicted molar refractivity (Wildman–Crippen MR) is 122 cm³/mol. The van der Waals surface area contributed by atoms with Crippen molar-refractivity contribution >= 4 is 29.9 Å². The first-order valence-electron chi connectivity index (χ1n) is 10.1. The van der Waals surface area contributed by atoms with Gasteiger partial charge in [-0.25, -0.2) is 4.99 Å². The number of rotatable bonds is 10. The second kappa shape index (κ2) is 14.1. The molecule has 0 atom stereocenters. The molecule has 1 aliphatic rings. The van der Waals surface area contributed by atoms with E-state index in [0.717, 1.165) is 69.5 Å². The lowest BCUT2D eigenvalue weighted by Crippen LogP contribution is -2.41. The number of aromatic nitrogens is 3. The Balaban J connectivity index is 0.00000392. The van der Waals surface area contributed by atoms with Crippen LogP contribution in [0.2, 0.25) is 0 Å². The van der Waals surface area contributed by atoms with Gasteiger partial charge in [-0.15, -0.1) is 34.2 Å². The normalized spacial score (nSPS) is 15.4. The standard InChI is InChI=1S/C19H36N6O2.HI/c1-5-26-12-6-10-20-19(21-15-18-23-22-16(2)25(18)4)24(3)11-7-17-8-13-27-14-9-17;/h17H,5-15H2,1-4H3,(H,20,21);1H. The monoisotopic (exact) mass is 508 g/mol. The van der Waals surface area contributed by atoms with E-state index in [-0.39, 0.29) is 24.0 Å². The number of nitrogens with zero attached hydrogens (tertiary/aromatic N) is 5. The Morgan fingerprint density at radius 3 is 2.75 bits per heavy atom. The SMILES string of the molecule is CCOCCCNC(=NCc1nnc(C)n1C)N(C)CCC1CCOCC1.I. The molecule has 0 aromatic carbocycles. The van der Waals surface area contributed by atoms with Crippen LogP contribution >= 0.6 is 24.0 Å². The van der Waals surface area contributed by atoms with Gasteiger partial charge in [-0.2, -0.15) is 0 Å². The van der Waals surface area contributed by atoms with Crippen LogP contribution in [0.25, 0.3) is 0 Å². The summed E-state index contributed by atoms with van der Waals surface area (Å²) in [5.41, 5.74) is 0. The highest BCUT2D eigenvalue weighted by Crippen LogP contribution is 2.18. The van der Waals surface area contributed by atoms with Gasteiger partial charge < -0.3 is 24.3 Å². The Bertz CT molecular complexity index is 575. The lowest BCUT2D eigenvalue weighted by molar-refractivity contribution is 0.0625. The maximum atomic E-state index is 5.46. The number of guanidine groups is 1. The molecule has 1 N–H and O–H groups in total. The average Bonchev–Trinajstić information content (AvgIpc) is 3.01. The molecule has 0 amide bonds. The number of hydrogen-bond donors (Lipinski definition) is 1. The van der Waals surface area contributed by atoms with E-state index in [1.807, 2.05) is 25.5 Å². The number of halogens is 1. The van der Waals surface area contributed by atoms with Crippen molar-refractivity contribution in [2.75, 3.05) is 46.6 Å². The van der Waals surface area contributed by atoms with E-state index in [1.54, 1.807) is 0 Å². The lowest BCUT2D eigenvalue weighted by atomic mass is 9.96. The van der Waals surface area contributed by atoms with Crippen molar-refractivity contribution in [3.05, 3.63) is 11.6 Å². The first-order valence-corrected chi connectivity index (χ1v) is 10.1. The molecule has 1 aromatic rings. The molecule has 0 saturated carbocycles. The van der Waals surface area contributed by atoms with Gasteiger partial charge >= 0.3 is 0 Å². The van der Waals surface area contributed by atoms with Crippen molar-refractivity contribution in [2.24, 2.45) is 18.0 Å². The lowest BCUT2D eigenvalue weighted by Gasteiger charge is -2.27. The van der Waals surface area contributed by atoms with Gasteiger partial charge in [0.1, 0.15) is 12.4 Å². The molecule has 162 valence electrons. The Morgan fingerprint density at radius 1 is 1.36 bits per heavy atom. The van der Waals surface area contributed by atoms with Crippen LogP contribution in [0, 0.1) is 12.8 Å². The van der Waals surface area contributed by atoms with Crippen LogP contribution in [0.4, 0.5) is 0 Å². The van der Waals surface area contributed by atoms with E-state index < -0.39 is 0 Å². The topological polar surface area (TPSA) is 76.8 Å². The minimum atomic E-state index is 0. The minimum Gasteiger partial charge on any atom is -0.382 e. The van der Waals surface area contributed by atoms with Gasteiger partial charge in [0.15, 0.2) is 11.8 Å². The molecule has 8 nitrogen and oxygen atoms in total. The maximum Gasteiger partial charge on any atom is 0.194 e. The highest BCUT2D eigenvalue weighted by molar-refractivity contribution is 14.0. The third-order valence-corrected chi connectivity index (χ3v) is 5.08. The summed E-state index contributed by atoms with van der Waals surface area (Å²) in [7, 11) is 4.08. The highest BCUT2D eigenvalue weighted by Gasteiger charge is 2.16. The molecular formula is C19H37IN6O2. The molecule has 1 aromatic heterocycles. The molecule has 0 unspecified atom stereocenters. The first kappa shape index (κ1) is 25.1. The maximum absolute atomic E-state index is 5.46. The van der Waals surface area contributed by atoms with E-state index in [1.165, 1.54) is 19.3 Å². The Morgan fingerprint density at radius 2 is 2.11 bits per heavy atom. The molecular weight excluding hydrogens is 471 g/mol. The summed E-state index contributed by atoms with van der Waals surface area (Å²) in [4.78, 5) is 7.01. The van der Waals surface area contributed by atoms with Crippen LogP contribution in [0.3, 0.4) is 0 Å². The summed E-state index contributed by atoms with van der Waals surface area (Å²) >= 11 is 0. The smallest absolute Gasteiger partial charge is 0.194 e. The van der Waals surface area contributed by atoms with Gasteiger partial charge in [0.2, 0.25) is 0 Å². The third kappa shape index (κ3) is 8.60. The number of aryl methyl sites for hydroxylation is 1. The Kier molecular flexibility index (Phi) is 12.6. The predicted octanol–water partition coefficient (Wildman–Crippen LogP) is 2.36. The van der Waals surface area contributed by atoms with Gasteiger partial charge in [-0.1, -0.05) is 0 Å². The van der Waals surface area contributed by atoms with E-state index in [0.29, 0.717) is 6.54 Å². The summed E-state index contributed by atoms with van der Waals surface area (Å²) in [5, 5.41) is 11.8. The van der Waals surface area contributed by atoms with Crippen LogP contribution in [-0.2, 0) is 23.1 Å². The van der Waals surface area contributed by atoms with E-state index in [4.69, 9.17) is 14.5 Å². The highest BCUT2D eigenvalue weighted by atomic mass is 127. The van der Waals surface area contributed by atoms with E-state index in [2.05, 4.69) is 27.5 Å². The fraction of sp³-hybridized carbons (Fsp3) is 0.842. The summed E-state index contributed by atoms with van der Waals surface area (Å²) in [5.74, 6) is 3.44. The molecule has 1 aliphatic heterocycles. The molecule has 1 fully saturated rings. The minimum absolute atomic E-state index is 0. The summed E-state index contributed by atoms with van der Waals surface area (Å²) < 4.78 is 12.9. The van der Waals surface area contributed by atoms with Gasteiger partial charge in [0, 0.05) is 53.6 Å². The van der Waals surface area contributed by atoms with Crippen LogP contribution in [-0.4, -0.2) is 72.2 Å². The number of nitrogens with one attached hydrogen (secondary N) is 1. The van der Waals surface area contributed by atoms with E-state index >= 15 is 0 Å². The summed E-state index contributed by atoms with van der Waals surface area (Å²) in [6, 6.07) is 0. The van der Waals surface area contributed by atoms with Crippen molar-refractivity contribution < 1.29 is 9.47 Å². The molecule has 1 saturated heterocycles. The average molecular weight is 508 g/mol. The Hall–Kier alpha value is -0.940. The number of hydrogen-bond acceptors (Lipinski definition) is 5. The summed E-state index contributed by atoms with van der Waals surface area (Å²) in [6.45, 7) is 9.65.